The number of nitrogen functional groups attached to an aromatic ring is 1. The van der Waals surface area contributed by atoms with Crippen molar-refractivity contribution in [1.29, 1.82) is 5.26 Å². The number of nitrogens with two attached hydrogens (primary N) is 2. The summed E-state index contributed by atoms with van der Waals surface area (Å²) < 4.78 is 15.1. The molecule has 0 saturated carbocycles. The van der Waals surface area contributed by atoms with Crippen molar-refractivity contribution in [2.75, 3.05) is 18.8 Å². The van der Waals surface area contributed by atoms with Gasteiger partial charge >= 0.3 is 0 Å². The van der Waals surface area contributed by atoms with Crippen molar-refractivity contribution in [3.8, 4) is 17.5 Å². The van der Waals surface area contributed by atoms with E-state index in [1.807, 2.05) is 30.3 Å². The number of hydrogen-bond acceptors (Lipinski definition) is 5. The molecule has 1 atom stereocenters. The summed E-state index contributed by atoms with van der Waals surface area (Å²) in [4.78, 5) is 13.8. The number of nitriles is 1. The second-order valence-corrected chi connectivity index (χ2v) is 7.76. The number of rotatable bonds is 5. The Morgan fingerprint density at radius 3 is 2.68 bits per heavy atom. The monoisotopic (exact) mass is 418 g/mol. The zero-order valence-corrected chi connectivity index (χ0v) is 17.0. The van der Waals surface area contributed by atoms with Gasteiger partial charge in [-0.15, -0.1) is 0 Å². The highest BCUT2D eigenvalue weighted by molar-refractivity contribution is 6.03. The maximum atomic E-state index is 13.4. The average Bonchev–Trinajstić information content (AvgIpc) is 3.12. The largest absolute Gasteiger partial charge is 0.383 e. The summed E-state index contributed by atoms with van der Waals surface area (Å²) in [5.74, 6) is -0.689. The van der Waals surface area contributed by atoms with Gasteiger partial charge in [0.15, 0.2) is 6.19 Å². The Morgan fingerprint density at radius 1 is 1.23 bits per heavy atom. The number of carbonyl (C=O) groups excluding carboxylic acids is 1. The molecule has 1 fully saturated rings. The maximum absolute atomic E-state index is 13.4. The van der Waals surface area contributed by atoms with E-state index in [1.54, 1.807) is 15.6 Å². The number of primary amides is 1. The van der Waals surface area contributed by atoms with Crippen LogP contribution in [-0.4, -0.2) is 33.7 Å². The van der Waals surface area contributed by atoms with Gasteiger partial charge < -0.3 is 16.4 Å². The molecule has 1 saturated heterocycles. The summed E-state index contributed by atoms with van der Waals surface area (Å²) in [7, 11) is 0. The Labute approximate surface area is 179 Å². The summed E-state index contributed by atoms with van der Waals surface area (Å²) in [6.07, 6.45) is 4.41. The van der Waals surface area contributed by atoms with Crippen LogP contribution in [0.2, 0.25) is 0 Å². The molecule has 158 valence electrons. The Morgan fingerprint density at radius 2 is 2.00 bits per heavy atom. The highest BCUT2D eigenvalue weighted by Gasteiger charge is 2.28. The van der Waals surface area contributed by atoms with Crippen LogP contribution in [0.5, 0.6) is 0 Å². The maximum Gasteiger partial charge on any atom is 0.254 e. The molecule has 1 aliphatic rings. The first-order chi connectivity index (χ1) is 15.0. The van der Waals surface area contributed by atoms with Gasteiger partial charge in [0.25, 0.3) is 5.91 Å². The first kappa shape index (κ1) is 20.4. The highest BCUT2D eigenvalue weighted by Crippen LogP contribution is 2.32. The minimum Gasteiger partial charge on any atom is -0.383 e. The predicted octanol–water partition coefficient (Wildman–Crippen LogP) is 3.08. The van der Waals surface area contributed by atoms with Crippen LogP contribution in [0, 0.1) is 17.3 Å². The number of nitrogens with zero attached hydrogens (tertiary/aromatic N) is 4. The lowest BCUT2D eigenvalue weighted by Gasteiger charge is -2.29. The molecule has 1 amide bonds. The minimum atomic E-state index is -0.643. The first-order valence-electron chi connectivity index (χ1n) is 10.1. The Kier molecular flexibility index (Phi) is 5.58. The number of anilines is 1. The first-order valence-corrected chi connectivity index (χ1v) is 10.1. The van der Waals surface area contributed by atoms with E-state index in [4.69, 9.17) is 11.5 Å². The summed E-state index contributed by atoms with van der Waals surface area (Å²) in [5.41, 5.74) is 15.1. The van der Waals surface area contributed by atoms with Crippen LogP contribution in [0.25, 0.3) is 11.3 Å². The number of amides is 1. The van der Waals surface area contributed by atoms with Crippen LogP contribution >= 0.6 is 0 Å². The third kappa shape index (κ3) is 4.21. The molecular formula is C23H23FN6O. The molecule has 8 heteroatoms. The summed E-state index contributed by atoms with van der Waals surface area (Å²) >= 11 is 0. The van der Waals surface area contributed by atoms with Crippen LogP contribution in [0.4, 0.5) is 10.2 Å². The third-order valence-electron chi connectivity index (χ3n) is 5.60. The van der Waals surface area contributed by atoms with Crippen LogP contribution in [-0.2, 0) is 6.42 Å². The van der Waals surface area contributed by atoms with Crippen molar-refractivity contribution in [3.63, 3.8) is 0 Å². The molecule has 4 N–H and O–H groups in total. The van der Waals surface area contributed by atoms with Gasteiger partial charge in [-0.25, -0.2) is 9.07 Å². The van der Waals surface area contributed by atoms with Gasteiger partial charge in [0, 0.05) is 12.1 Å². The number of likely N-dealkylation sites (tertiary alicyclic amines) is 1. The smallest absolute Gasteiger partial charge is 0.254 e. The van der Waals surface area contributed by atoms with Crippen molar-refractivity contribution >= 4 is 11.7 Å². The standard InChI is InChI=1S/C23H23FN6O/c24-18-4-1-3-16(12-18)11-15-6-8-17(9-7-15)21-20(23(27)31)22(26)30(28-21)19-5-2-10-29(13-19)14-25/h1,3-4,6-9,12,19H,2,5,10-11,13,26H2,(H2,27,31)/t19-/m0/s1. The van der Waals surface area contributed by atoms with E-state index in [-0.39, 0.29) is 23.2 Å². The molecule has 4 rings (SSSR count). The zero-order chi connectivity index (χ0) is 22.0. The van der Waals surface area contributed by atoms with Gasteiger partial charge in [-0.2, -0.15) is 10.4 Å². The Balaban J connectivity index is 1.64. The molecule has 0 bridgehead atoms. The number of carbonyl (C=O) groups is 1. The fraction of sp³-hybridized carbons (Fsp3) is 0.261. The molecule has 0 aliphatic carbocycles. The van der Waals surface area contributed by atoms with Gasteiger partial charge in [0.05, 0.1) is 12.6 Å². The minimum absolute atomic E-state index is 0.104. The lowest BCUT2D eigenvalue weighted by Crippen LogP contribution is -2.34. The summed E-state index contributed by atoms with van der Waals surface area (Å²) in [6, 6.07) is 13.9. The number of halogens is 1. The lowest BCUT2D eigenvalue weighted by atomic mass is 10.0. The summed E-state index contributed by atoms with van der Waals surface area (Å²) in [5, 5.41) is 13.8. The number of hydrogen-bond donors (Lipinski definition) is 2. The normalized spacial score (nSPS) is 16.1. The van der Waals surface area contributed by atoms with E-state index in [2.05, 4.69) is 11.3 Å². The number of benzene rings is 2. The van der Waals surface area contributed by atoms with Gasteiger partial charge in [-0.3, -0.25) is 4.79 Å². The van der Waals surface area contributed by atoms with Crippen LogP contribution in [0.3, 0.4) is 0 Å². The SMILES string of the molecule is N#CN1CCC[C@H](n2nc(-c3ccc(Cc4cccc(F)c4)cc3)c(C(N)=O)c2N)C1. The molecule has 0 radical (unpaired) electrons. The van der Waals surface area contributed by atoms with Gasteiger partial charge in [0.1, 0.15) is 22.9 Å². The van der Waals surface area contributed by atoms with Crippen LogP contribution in [0.1, 0.15) is 40.4 Å². The second-order valence-electron chi connectivity index (χ2n) is 7.76. The van der Waals surface area contributed by atoms with Crippen molar-refractivity contribution < 1.29 is 9.18 Å². The van der Waals surface area contributed by atoms with Crippen molar-refractivity contribution in [1.82, 2.24) is 14.7 Å². The quantitative estimate of drug-likeness (QED) is 0.618. The third-order valence-corrected chi connectivity index (χ3v) is 5.60. The van der Waals surface area contributed by atoms with Crippen LogP contribution in [0.15, 0.2) is 48.5 Å². The van der Waals surface area contributed by atoms with E-state index in [9.17, 15) is 14.4 Å². The molecule has 7 nitrogen and oxygen atoms in total. The summed E-state index contributed by atoms with van der Waals surface area (Å²) in [6.45, 7) is 1.20. The zero-order valence-electron chi connectivity index (χ0n) is 17.0. The Bertz CT molecular complexity index is 1150. The van der Waals surface area contributed by atoms with E-state index < -0.39 is 5.91 Å². The van der Waals surface area contributed by atoms with E-state index in [1.165, 1.54) is 12.1 Å². The average molecular weight is 418 g/mol. The fourth-order valence-electron chi connectivity index (χ4n) is 4.08. The van der Waals surface area contributed by atoms with E-state index in [0.717, 1.165) is 29.5 Å². The van der Waals surface area contributed by atoms with Gasteiger partial charge in [-0.1, -0.05) is 36.4 Å². The molecule has 31 heavy (non-hydrogen) atoms. The molecule has 1 aromatic heterocycles. The van der Waals surface area contributed by atoms with Crippen molar-refractivity contribution in [2.24, 2.45) is 5.73 Å². The van der Waals surface area contributed by atoms with Crippen molar-refractivity contribution in [2.45, 2.75) is 25.3 Å². The van der Waals surface area contributed by atoms with Crippen molar-refractivity contribution in [3.05, 3.63) is 71.0 Å². The predicted molar refractivity (Wildman–Crippen MR) is 115 cm³/mol. The van der Waals surface area contributed by atoms with Gasteiger partial charge in [-0.05, 0) is 42.5 Å². The molecule has 0 spiro atoms. The highest BCUT2D eigenvalue weighted by atomic mass is 19.1. The van der Waals surface area contributed by atoms with Crippen LogP contribution < -0.4 is 11.5 Å². The molecule has 0 unspecified atom stereocenters. The van der Waals surface area contributed by atoms with E-state index in [0.29, 0.717) is 25.2 Å². The topological polar surface area (TPSA) is 114 Å². The number of piperidine rings is 1. The molecular weight excluding hydrogens is 395 g/mol. The molecule has 3 aromatic rings. The molecule has 1 aliphatic heterocycles. The second kappa shape index (κ2) is 8.48. The Hall–Kier alpha value is -3.86. The molecule has 2 heterocycles. The van der Waals surface area contributed by atoms with Gasteiger partial charge in [0.2, 0.25) is 0 Å². The molecule has 2 aromatic carbocycles. The number of aromatic nitrogens is 2. The van der Waals surface area contributed by atoms with E-state index >= 15 is 0 Å². The lowest BCUT2D eigenvalue weighted by molar-refractivity contribution is 0.100. The fourth-order valence-corrected chi connectivity index (χ4v) is 4.08.